The van der Waals surface area contributed by atoms with Crippen molar-refractivity contribution in [1.82, 2.24) is 9.55 Å². The van der Waals surface area contributed by atoms with Crippen LogP contribution in [0.5, 0.6) is 11.5 Å². The minimum absolute atomic E-state index is 0.0901. The van der Waals surface area contributed by atoms with E-state index in [9.17, 15) is 26.7 Å². The number of carbonyl (C=O) groups excluding carboxylic acids is 1. The van der Waals surface area contributed by atoms with Crippen LogP contribution in [0.4, 0.5) is 22.0 Å². The summed E-state index contributed by atoms with van der Waals surface area (Å²) in [4.78, 5) is 16.3. The predicted octanol–water partition coefficient (Wildman–Crippen LogP) is 6.98. The number of Topliss-reactive ketones (excluding diaryl/α,β-unsaturated/α-hetero) is 1. The van der Waals surface area contributed by atoms with E-state index in [2.05, 4.69) is 24.6 Å². The Balaban J connectivity index is 1.56. The average Bonchev–Trinajstić information content (AvgIpc) is 3.17. The lowest BCUT2D eigenvalue weighted by atomic mass is 9.97. The lowest BCUT2D eigenvalue weighted by molar-refractivity contribution is -0.136. The van der Waals surface area contributed by atoms with E-state index in [1.165, 1.54) is 10.8 Å². The third-order valence-corrected chi connectivity index (χ3v) is 8.17. The fourth-order valence-electron chi connectivity index (χ4n) is 4.18. The number of aromatic nitrogens is 2. The molecular weight excluding hydrogens is 539 g/mol. The van der Waals surface area contributed by atoms with Gasteiger partial charge in [0.15, 0.2) is 17.4 Å². The minimum atomic E-state index is -4.78. The maximum absolute atomic E-state index is 14.9. The van der Waals surface area contributed by atoms with Gasteiger partial charge in [-0.05, 0) is 36.2 Å². The van der Waals surface area contributed by atoms with E-state index in [1.807, 2.05) is 0 Å². The first-order chi connectivity index (χ1) is 18.3. The molecular formula is C27H31F5N2O4Si. The van der Waals surface area contributed by atoms with Crippen LogP contribution in [-0.2, 0) is 33.6 Å². The molecule has 39 heavy (non-hydrogen) atoms. The number of ketones is 1. The highest BCUT2D eigenvalue weighted by atomic mass is 28.3. The van der Waals surface area contributed by atoms with Gasteiger partial charge in [-0.2, -0.15) is 13.2 Å². The third-order valence-electron chi connectivity index (χ3n) is 6.46. The molecule has 0 spiro atoms. The van der Waals surface area contributed by atoms with E-state index in [0.717, 1.165) is 30.4 Å². The Morgan fingerprint density at radius 2 is 1.87 bits per heavy atom. The number of rotatable bonds is 12. The normalized spacial score (nSPS) is 14.6. The van der Waals surface area contributed by atoms with Crippen LogP contribution in [0, 0.1) is 17.6 Å². The molecule has 12 heteroatoms. The Labute approximate surface area is 224 Å². The molecule has 0 aliphatic carbocycles. The van der Waals surface area contributed by atoms with Gasteiger partial charge < -0.3 is 18.8 Å². The number of hydrogen-bond acceptors (Lipinski definition) is 5. The second kappa shape index (κ2) is 11.7. The lowest BCUT2D eigenvalue weighted by Crippen LogP contribution is -2.28. The molecule has 1 aliphatic heterocycles. The van der Waals surface area contributed by atoms with Crippen LogP contribution in [0.1, 0.15) is 24.0 Å². The van der Waals surface area contributed by atoms with Crippen LogP contribution >= 0.6 is 0 Å². The monoisotopic (exact) mass is 570 g/mol. The second-order valence-electron chi connectivity index (χ2n) is 11.0. The zero-order valence-electron chi connectivity index (χ0n) is 22.0. The Morgan fingerprint density at radius 1 is 1.18 bits per heavy atom. The first kappa shape index (κ1) is 29.2. The van der Waals surface area contributed by atoms with Crippen molar-refractivity contribution in [3.05, 3.63) is 53.4 Å². The van der Waals surface area contributed by atoms with Gasteiger partial charge in [-0.3, -0.25) is 4.79 Å². The maximum atomic E-state index is 14.9. The molecule has 0 unspecified atom stereocenters. The van der Waals surface area contributed by atoms with Crippen LogP contribution in [0.3, 0.4) is 0 Å². The molecule has 0 amide bonds. The van der Waals surface area contributed by atoms with E-state index in [-0.39, 0.29) is 36.6 Å². The summed E-state index contributed by atoms with van der Waals surface area (Å²) in [6, 6.07) is 3.87. The largest absolute Gasteiger partial charge is 0.450 e. The molecule has 3 heterocycles. The van der Waals surface area contributed by atoms with Crippen molar-refractivity contribution < 1.29 is 41.0 Å². The Kier molecular flexibility index (Phi) is 8.77. The summed E-state index contributed by atoms with van der Waals surface area (Å²) < 4.78 is 88.9. The molecule has 1 aliphatic rings. The number of hydrogen-bond donors (Lipinski definition) is 0. The van der Waals surface area contributed by atoms with Crippen LogP contribution in [0.15, 0.2) is 30.6 Å². The molecule has 0 atom stereocenters. The highest BCUT2D eigenvalue weighted by molar-refractivity contribution is 6.76. The van der Waals surface area contributed by atoms with E-state index < -0.39 is 48.3 Å². The predicted molar refractivity (Wildman–Crippen MR) is 138 cm³/mol. The standard InChI is InChI=1S/C27H31F5N2O4Si/c1-39(2,3)9-8-36-16-34-13-20(27(30,31)32)24-23(6-7-33-26(24)34)38-25-21(28)11-18(12-22(25)29)10-19(35)5-4-17-14-37-15-17/h6-7,11-13,17H,4-5,8-10,14-16H2,1-3H3. The number of carbonyl (C=O) groups is 1. The molecule has 2 aromatic heterocycles. The van der Waals surface area contributed by atoms with Gasteiger partial charge >= 0.3 is 6.18 Å². The van der Waals surface area contributed by atoms with Crippen molar-refractivity contribution in [3.8, 4) is 11.5 Å². The Hall–Kier alpha value is -2.83. The van der Waals surface area contributed by atoms with Crippen LogP contribution in [-0.4, -0.2) is 43.2 Å². The van der Waals surface area contributed by atoms with E-state index in [4.69, 9.17) is 14.2 Å². The van der Waals surface area contributed by atoms with Crippen molar-refractivity contribution in [3.63, 3.8) is 0 Å². The maximum Gasteiger partial charge on any atom is 0.418 e. The van der Waals surface area contributed by atoms with E-state index >= 15 is 0 Å². The lowest BCUT2D eigenvalue weighted by Gasteiger charge is -2.25. The molecule has 0 bridgehead atoms. The highest BCUT2D eigenvalue weighted by Crippen LogP contribution is 2.42. The van der Waals surface area contributed by atoms with Gasteiger partial charge in [-0.25, -0.2) is 13.8 Å². The Morgan fingerprint density at radius 3 is 2.46 bits per heavy atom. The number of benzene rings is 1. The molecule has 4 rings (SSSR count). The van der Waals surface area contributed by atoms with Gasteiger partial charge in [0.05, 0.1) is 24.2 Å². The topological polar surface area (TPSA) is 62.6 Å². The summed E-state index contributed by atoms with van der Waals surface area (Å²) in [5.74, 6) is -3.37. The summed E-state index contributed by atoms with van der Waals surface area (Å²) >= 11 is 0. The van der Waals surface area contributed by atoms with Gasteiger partial charge in [0.2, 0.25) is 0 Å². The van der Waals surface area contributed by atoms with Crippen LogP contribution in [0.2, 0.25) is 25.7 Å². The van der Waals surface area contributed by atoms with Crippen LogP contribution < -0.4 is 4.74 Å². The first-order valence-corrected chi connectivity index (χ1v) is 16.4. The van der Waals surface area contributed by atoms with Gasteiger partial charge in [-0.1, -0.05) is 19.6 Å². The number of nitrogens with zero attached hydrogens (tertiary/aromatic N) is 2. The number of fused-ring (bicyclic) bond motifs is 1. The molecule has 1 saturated heterocycles. The molecule has 3 aromatic rings. The highest BCUT2D eigenvalue weighted by Gasteiger charge is 2.37. The number of pyridine rings is 1. The summed E-state index contributed by atoms with van der Waals surface area (Å²) in [5, 5.41) is -0.433. The second-order valence-corrected chi connectivity index (χ2v) is 16.6. The van der Waals surface area contributed by atoms with E-state index in [1.54, 1.807) is 0 Å². The SMILES string of the molecule is C[Si](C)(C)CCOCn1cc(C(F)(F)F)c2c(Oc3c(F)cc(CC(=O)CCC4COC4)cc3F)ccnc21. The Bertz CT molecular complexity index is 1310. The fraction of sp³-hybridized carbons (Fsp3) is 0.481. The molecule has 0 N–H and O–H groups in total. The summed E-state index contributed by atoms with van der Waals surface area (Å²) in [5.41, 5.74) is -1.04. The van der Waals surface area contributed by atoms with Crippen LogP contribution in [0.25, 0.3) is 11.0 Å². The van der Waals surface area contributed by atoms with E-state index in [0.29, 0.717) is 32.2 Å². The fourth-order valence-corrected chi connectivity index (χ4v) is 4.94. The van der Waals surface area contributed by atoms with Gasteiger partial charge in [-0.15, -0.1) is 0 Å². The third kappa shape index (κ3) is 7.43. The van der Waals surface area contributed by atoms with Crippen molar-refractivity contribution in [2.45, 2.75) is 57.9 Å². The summed E-state index contributed by atoms with van der Waals surface area (Å²) in [6.07, 6.45) is -1.98. The van der Waals surface area contributed by atoms with Crippen molar-refractivity contribution in [2.24, 2.45) is 5.92 Å². The summed E-state index contributed by atoms with van der Waals surface area (Å²) in [7, 11) is -1.40. The number of alkyl halides is 3. The molecule has 1 fully saturated rings. The van der Waals surface area contributed by atoms with Gasteiger partial charge in [0.1, 0.15) is 23.9 Å². The van der Waals surface area contributed by atoms with Crippen molar-refractivity contribution in [2.75, 3.05) is 19.8 Å². The summed E-state index contributed by atoms with van der Waals surface area (Å²) in [6.45, 7) is 7.89. The zero-order valence-corrected chi connectivity index (χ0v) is 23.0. The smallest absolute Gasteiger partial charge is 0.418 e. The number of halogens is 5. The molecule has 212 valence electrons. The molecule has 0 saturated carbocycles. The van der Waals surface area contributed by atoms with Crippen molar-refractivity contribution in [1.29, 1.82) is 0 Å². The number of ether oxygens (including phenoxy) is 3. The average molecular weight is 571 g/mol. The van der Waals surface area contributed by atoms with Gasteiger partial charge in [0, 0.05) is 45.8 Å². The molecule has 0 radical (unpaired) electrons. The minimum Gasteiger partial charge on any atom is -0.450 e. The molecule has 1 aromatic carbocycles. The zero-order chi connectivity index (χ0) is 28.4. The van der Waals surface area contributed by atoms with Crippen molar-refractivity contribution >= 4 is 24.9 Å². The molecule has 6 nitrogen and oxygen atoms in total. The van der Waals surface area contributed by atoms with Gasteiger partial charge in [0.25, 0.3) is 0 Å². The quantitative estimate of drug-likeness (QED) is 0.134. The first-order valence-electron chi connectivity index (χ1n) is 12.7.